The molecule has 0 bridgehead atoms. The van der Waals surface area contributed by atoms with Crippen LogP contribution in [0.5, 0.6) is 0 Å². The number of carbonyl (C=O) groups is 4. The number of benzene rings is 1. The number of amides is 1. The number of alkyl halides is 3. The summed E-state index contributed by atoms with van der Waals surface area (Å²) in [5, 5.41) is 12.2. The number of hydrogen-bond donors (Lipinski definition) is 2. The van der Waals surface area contributed by atoms with Gasteiger partial charge in [0.05, 0.1) is 39.2 Å². The lowest BCUT2D eigenvalue weighted by molar-refractivity contribution is -0.159. The van der Waals surface area contributed by atoms with E-state index in [1.54, 1.807) is 0 Å². The number of methoxy groups -OCH3 is 3. The van der Waals surface area contributed by atoms with E-state index in [1.807, 2.05) is 0 Å². The van der Waals surface area contributed by atoms with Gasteiger partial charge in [-0.2, -0.15) is 13.2 Å². The summed E-state index contributed by atoms with van der Waals surface area (Å²) in [6.45, 7) is 0. The van der Waals surface area contributed by atoms with Crippen molar-refractivity contribution in [2.24, 2.45) is 5.92 Å². The van der Waals surface area contributed by atoms with Crippen molar-refractivity contribution in [2.45, 2.75) is 24.7 Å². The Morgan fingerprint density at radius 2 is 1.50 bits per heavy atom. The van der Waals surface area contributed by atoms with Crippen LogP contribution in [0.2, 0.25) is 0 Å². The van der Waals surface area contributed by atoms with Crippen LogP contribution >= 0.6 is 0 Å². The first-order chi connectivity index (χ1) is 14.0. The molecule has 0 saturated heterocycles. The molecule has 0 spiro atoms. The molecule has 0 heterocycles. The van der Waals surface area contributed by atoms with E-state index >= 15 is 0 Å². The minimum absolute atomic E-state index is 0.202. The molecular formula is C18H20F3NO8. The first-order valence-electron chi connectivity index (χ1n) is 8.34. The Bertz CT molecular complexity index is 779. The highest BCUT2D eigenvalue weighted by atomic mass is 19.4. The molecule has 0 aromatic heterocycles. The van der Waals surface area contributed by atoms with E-state index in [2.05, 4.69) is 19.5 Å². The molecule has 166 valence electrons. The molecule has 1 rings (SSSR count). The second-order valence-corrected chi connectivity index (χ2v) is 5.94. The van der Waals surface area contributed by atoms with E-state index < -0.39 is 60.0 Å². The van der Waals surface area contributed by atoms with E-state index in [0.717, 1.165) is 33.5 Å². The second kappa shape index (κ2) is 10.6. The summed E-state index contributed by atoms with van der Waals surface area (Å²) in [7, 11) is 2.98. The molecule has 0 unspecified atom stereocenters. The molecule has 9 nitrogen and oxygen atoms in total. The van der Waals surface area contributed by atoms with Crippen LogP contribution in [0.4, 0.5) is 13.2 Å². The van der Waals surface area contributed by atoms with Crippen molar-refractivity contribution in [3.8, 4) is 0 Å². The number of nitrogens with one attached hydrogen (secondary N) is 1. The molecular weight excluding hydrogens is 415 g/mol. The fraction of sp³-hybridized carbons (Fsp3) is 0.444. The van der Waals surface area contributed by atoms with Gasteiger partial charge in [0.25, 0.3) is 5.91 Å². The van der Waals surface area contributed by atoms with Crippen LogP contribution in [0.25, 0.3) is 0 Å². The summed E-state index contributed by atoms with van der Waals surface area (Å²) < 4.78 is 51.4. The molecule has 0 fully saturated rings. The van der Waals surface area contributed by atoms with Crippen LogP contribution in [0.1, 0.15) is 23.7 Å². The minimum Gasteiger partial charge on any atom is -0.469 e. The third-order valence-corrected chi connectivity index (χ3v) is 4.08. The molecule has 1 aromatic rings. The number of esters is 3. The van der Waals surface area contributed by atoms with Crippen LogP contribution in [0.3, 0.4) is 0 Å². The van der Waals surface area contributed by atoms with Gasteiger partial charge >= 0.3 is 24.1 Å². The summed E-state index contributed by atoms with van der Waals surface area (Å²) in [5.41, 5.74) is -1.19. The first kappa shape index (κ1) is 24.9. The Labute approximate surface area is 169 Å². The van der Waals surface area contributed by atoms with Crippen molar-refractivity contribution in [1.82, 2.24) is 5.32 Å². The molecule has 0 radical (unpaired) electrons. The van der Waals surface area contributed by atoms with Gasteiger partial charge < -0.3 is 24.6 Å². The van der Waals surface area contributed by atoms with Crippen molar-refractivity contribution >= 4 is 23.8 Å². The molecule has 1 amide bonds. The number of aliphatic hydroxyl groups excluding tert-OH is 1. The third-order valence-electron chi connectivity index (χ3n) is 4.08. The van der Waals surface area contributed by atoms with Crippen molar-refractivity contribution in [3.63, 3.8) is 0 Å². The molecule has 1 aromatic carbocycles. The Morgan fingerprint density at radius 1 is 0.967 bits per heavy atom. The van der Waals surface area contributed by atoms with Gasteiger partial charge in [0.1, 0.15) is 6.04 Å². The number of aliphatic hydroxyl groups is 1. The summed E-state index contributed by atoms with van der Waals surface area (Å²) in [6, 6.07) is 1.35. The zero-order valence-corrected chi connectivity index (χ0v) is 16.2. The number of carbonyl (C=O) groups excluding carboxylic acids is 4. The molecule has 2 N–H and O–H groups in total. The predicted octanol–water partition coefficient (Wildman–Crippen LogP) is 0.749. The lowest BCUT2D eigenvalue weighted by atomic mass is 9.95. The Morgan fingerprint density at radius 3 is 1.93 bits per heavy atom. The summed E-state index contributed by atoms with van der Waals surface area (Å²) in [4.78, 5) is 48.1. The largest absolute Gasteiger partial charge is 0.469 e. The highest BCUT2D eigenvalue weighted by Gasteiger charge is 2.39. The van der Waals surface area contributed by atoms with Gasteiger partial charge in [-0.15, -0.1) is 0 Å². The fourth-order valence-electron chi connectivity index (χ4n) is 2.44. The van der Waals surface area contributed by atoms with Crippen molar-refractivity contribution in [3.05, 3.63) is 35.4 Å². The molecule has 0 aliphatic carbocycles. The smallest absolute Gasteiger partial charge is 0.416 e. The standard InChI is InChI=1S/C18H20F3NO8/c1-28-12(23)8-11(16(26)29-2)13(17(27)30-3)22-15(25)14(24)9-4-6-10(7-5-9)18(19,20)21/h4-7,11,13-14,24H,8H2,1-3H3,(H,22,25)/t11-,13-,14-/m0/s1. The summed E-state index contributed by atoms with van der Waals surface area (Å²) >= 11 is 0. The Hall–Kier alpha value is -3.15. The van der Waals surface area contributed by atoms with Gasteiger partial charge in [0.2, 0.25) is 0 Å². The van der Waals surface area contributed by atoms with Crippen molar-refractivity contribution in [1.29, 1.82) is 0 Å². The van der Waals surface area contributed by atoms with Crippen LogP contribution < -0.4 is 5.32 Å². The highest BCUT2D eigenvalue weighted by molar-refractivity contribution is 5.92. The normalized spacial score (nSPS) is 14.1. The van der Waals surface area contributed by atoms with Gasteiger partial charge in [0, 0.05) is 0 Å². The quantitative estimate of drug-likeness (QED) is 0.452. The van der Waals surface area contributed by atoms with Crippen LogP contribution in [0.15, 0.2) is 24.3 Å². The Balaban J connectivity index is 3.10. The van der Waals surface area contributed by atoms with Crippen LogP contribution in [-0.2, 0) is 39.6 Å². The molecule has 0 aliphatic heterocycles. The van der Waals surface area contributed by atoms with Gasteiger partial charge in [0.15, 0.2) is 6.10 Å². The molecule has 12 heteroatoms. The van der Waals surface area contributed by atoms with Crippen molar-refractivity contribution < 1.29 is 51.7 Å². The van der Waals surface area contributed by atoms with Gasteiger partial charge in [-0.05, 0) is 17.7 Å². The van der Waals surface area contributed by atoms with Crippen LogP contribution in [0, 0.1) is 5.92 Å². The van der Waals surface area contributed by atoms with Gasteiger partial charge in [-0.3, -0.25) is 14.4 Å². The maximum atomic E-state index is 12.6. The Kier molecular flexibility index (Phi) is 8.77. The third kappa shape index (κ3) is 6.44. The zero-order valence-electron chi connectivity index (χ0n) is 16.2. The average molecular weight is 435 g/mol. The lowest BCUT2D eigenvalue weighted by Gasteiger charge is -2.24. The van der Waals surface area contributed by atoms with Gasteiger partial charge in [-0.25, -0.2) is 4.79 Å². The highest BCUT2D eigenvalue weighted by Crippen LogP contribution is 2.30. The number of halogens is 3. The van der Waals surface area contributed by atoms with E-state index in [-0.39, 0.29) is 5.56 Å². The fourth-order valence-corrected chi connectivity index (χ4v) is 2.44. The summed E-state index contributed by atoms with van der Waals surface area (Å²) in [6.07, 6.45) is -7.24. The monoisotopic (exact) mass is 435 g/mol. The molecule has 0 aliphatic rings. The number of hydrogen-bond acceptors (Lipinski definition) is 8. The molecule has 3 atom stereocenters. The molecule has 30 heavy (non-hydrogen) atoms. The van der Waals surface area contributed by atoms with Crippen molar-refractivity contribution in [2.75, 3.05) is 21.3 Å². The summed E-state index contributed by atoms with van der Waals surface area (Å²) in [5.74, 6) is -5.82. The van der Waals surface area contributed by atoms with Crippen LogP contribution in [-0.4, -0.2) is 56.3 Å². The maximum absolute atomic E-state index is 12.6. The minimum atomic E-state index is -4.61. The predicted molar refractivity (Wildman–Crippen MR) is 92.5 cm³/mol. The SMILES string of the molecule is COC(=O)C[C@H](C(=O)OC)[C@H](NC(=O)[C@@H](O)c1ccc(C(F)(F)F)cc1)C(=O)OC. The zero-order chi connectivity index (χ0) is 23.1. The van der Waals surface area contributed by atoms with Gasteiger partial charge in [-0.1, -0.05) is 12.1 Å². The maximum Gasteiger partial charge on any atom is 0.416 e. The van der Waals surface area contributed by atoms with E-state index in [0.29, 0.717) is 12.1 Å². The number of ether oxygens (including phenoxy) is 3. The van der Waals surface area contributed by atoms with E-state index in [1.165, 1.54) is 0 Å². The van der Waals surface area contributed by atoms with E-state index in [9.17, 15) is 37.5 Å². The lowest BCUT2D eigenvalue weighted by Crippen LogP contribution is -2.51. The topological polar surface area (TPSA) is 128 Å². The second-order valence-electron chi connectivity index (χ2n) is 5.94. The first-order valence-corrected chi connectivity index (χ1v) is 8.34. The van der Waals surface area contributed by atoms with E-state index in [4.69, 9.17) is 0 Å². The molecule has 0 saturated carbocycles. The number of rotatable bonds is 8. The average Bonchev–Trinajstić information content (AvgIpc) is 2.73.